The predicted molar refractivity (Wildman–Crippen MR) is 111 cm³/mol. The molecule has 2 saturated heterocycles. The molecule has 0 bridgehead atoms. The quantitative estimate of drug-likeness (QED) is 0.868. The van der Waals surface area contributed by atoms with E-state index >= 15 is 0 Å². The second-order valence-electron chi connectivity index (χ2n) is 8.37. The molecule has 6 heteroatoms. The van der Waals surface area contributed by atoms with E-state index in [1.807, 2.05) is 24.4 Å². The van der Waals surface area contributed by atoms with Crippen molar-refractivity contribution < 1.29 is 4.79 Å². The molecule has 0 aliphatic carbocycles. The number of aromatic nitrogens is 2. The Kier molecular flexibility index (Phi) is 5.29. The molecule has 152 valence electrons. The molecule has 1 N–H and O–H groups in total. The van der Waals surface area contributed by atoms with Gasteiger partial charge in [-0.3, -0.25) is 9.69 Å². The molecule has 2 unspecified atom stereocenters. The van der Waals surface area contributed by atoms with Crippen molar-refractivity contribution in [2.24, 2.45) is 0 Å². The zero-order valence-electron chi connectivity index (χ0n) is 16.9. The van der Waals surface area contributed by atoms with Crippen LogP contribution in [0.15, 0.2) is 36.5 Å². The first kappa shape index (κ1) is 18.7. The number of carbonyl (C=O) groups is 1. The van der Waals surface area contributed by atoms with Gasteiger partial charge in [0.25, 0.3) is 0 Å². The van der Waals surface area contributed by atoms with Crippen molar-refractivity contribution in [3.05, 3.63) is 59.2 Å². The van der Waals surface area contributed by atoms with Crippen LogP contribution in [0.2, 0.25) is 0 Å². The van der Waals surface area contributed by atoms with Crippen molar-refractivity contribution in [3.8, 4) is 0 Å². The highest BCUT2D eigenvalue weighted by molar-refractivity contribution is 5.84. The Morgan fingerprint density at radius 3 is 2.76 bits per heavy atom. The Morgan fingerprint density at radius 2 is 1.93 bits per heavy atom. The van der Waals surface area contributed by atoms with Crippen molar-refractivity contribution in [3.63, 3.8) is 0 Å². The maximum absolute atomic E-state index is 13.8. The predicted octanol–water partition coefficient (Wildman–Crippen LogP) is 2.62. The lowest BCUT2D eigenvalue weighted by Gasteiger charge is -2.33. The summed E-state index contributed by atoms with van der Waals surface area (Å²) in [5, 5.41) is 3.37. The van der Waals surface area contributed by atoms with Crippen molar-refractivity contribution >= 4 is 5.91 Å². The zero-order chi connectivity index (χ0) is 19.6. The van der Waals surface area contributed by atoms with Gasteiger partial charge in [-0.05, 0) is 44.3 Å². The lowest BCUT2D eigenvalue weighted by atomic mass is 10.0. The highest BCUT2D eigenvalue weighted by atomic mass is 16.2. The number of fused-ring (bicyclic) bond motifs is 1. The fraction of sp³-hybridized carbons (Fsp3) is 0.522. The topological polar surface area (TPSA) is 61.4 Å². The summed E-state index contributed by atoms with van der Waals surface area (Å²) in [6.07, 6.45) is 7.19. The van der Waals surface area contributed by atoms with Crippen LogP contribution in [0.25, 0.3) is 0 Å². The number of nitrogens with one attached hydrogen (secondary N) is 1. The first-order valence-corrected chi connectivity index (χ1v) is 11.0. The SMILES string of the molecule is O=C(C(c1ccccc1)N1CCCC1)N1CCCC1c1ncc2c(n1)CCNC2. The highest BCUT2D eigenvalue weighted by Crippen LogP contribution is 2.35. The summed E-state index contributed by atoms with van der Waals surface area (Å²) in [4.78, 5) is 27.8. The van der Waals surface area contributed by atoms with Gasteiger partial charge in [-0.1, -0.05) is 30.3 Å². The van der Waals surface area contributed by atoms with Gasteiger partial charge < -0.3 is 10.2 Å². The summed E-state index contributed by atoms with van der Waals surface area (Å²) in [5.74, 6) is 1.04. The Labute approximate surface area is 172 Å². The van der Waals surface area contributed by atoms with Crippen molar-refractivity contribution in [1.29, 1.82) is 0 Å². The average molecular weight is 392 g/mol. The van der Waals surface area contributed by atoms with E-state index in [0.29, 0.717) is 0 Å². The average Bonchev–Trinajstić information content (AvgIpc) is 3.47. The van der Waals surface area contributed by atoms with Crippen LogP contribution < -0.4 is 5.32 Å². The van der Waals surface area contributed by atoms with E-state index in [1.165, 1.54) is 18.4 Å². The van der Waals surface area contributed by atoms with Crippen LogP contribution in [-0.2, 0) is 17.8 Å². The highest BCUT2D eigenvalue weighted by Gasteiger charge is 2.39. The minimum Gasteiger partial charge on any atom is -0.331 e. The first-order valence-electron chi connectivity index (χ1n) is 11.0. The summed E-state index contributed by atoms with van der Waals surface area (Å²) in [6.45, 7) is 4.58. The van der Waals surface area contributed by atoms with E-state index in [0.717, 1.165) is 69.1 Å². The molecule has 0 spiro atoms. The number of amides is 1. The van der Waals surface area contributed by atoms with Crippen LogP contribution in [0, 0.1) is 0 Å². The molecule has 2 fully saturated rings. The summed E-state index contributed by atoms with van der Waals surface area (Å²) < 4.78 is 0. The second kappa shape index (κ2) is 8.20. The van der Waals surface area contributed by atoms with Gasteiger partial charge in [-0.15, -0.1) is 0 Å². The molecule has 3 aliphatic heterocycles. The third kappa shape index (κ3) is 3.67. The molecule has 29 heavy (non-hydrogen) atoms. The number of nitrogens with zero attached hydrogens (tertiary/aromatic N) is 4. The molecule has 0 saturated carbocycles. The normalized spacial score (nSPS) is 23.2. The minimum atomic E-state index is -0.193. The van der Waals surface area contributed by atoms with Gasteiger partial charge in [-0.25, -0.2) is 9.97 Å². The smallest absolute Gasteiger partial charge is 0.245 e. The number of benzene rings is 1. The molecule has 1 amide bonds. The summed E-state index contributed by atoms with van der Waals surface area (Å²) in [6, 6.07) is 10.1. The third-order valence-electron chi connectivity index (χ3n) is 6.52. The van der Waals surface area contributed by atoms with E-state index in [4.69, 9.17) is 4.98 Å². The molecule has 2 atom stereocenters. The van der Waals surface area contributed by atoms with Crippen LogP contribution in [0.4, 0.5) is 0 Å². The van der Waals surface area contributed by atoms with Gasteiger partial charge in [-0.2, -0.15) is 0 Å². The van der Waals surface area contributed by atoms with E-state index in [1.54, 1.807) is 0 Å². The minimum absolute atomic E-state index is 0.00324. The maximum atomic E-state index is 13.8. The van der Waals surface area contributed by atoms with Crippen molar-refractivity contribution in [2.75, 3.05) is 26.2 Å². The third-order valence-corrected chi connectivity index (χ3v) is 6.52. The van der Waals surface area contributed by atoms with Crippen LogP contribution >= 0.6 is 0 Å². The number of hydrogen-bond acceptors (Lipinski definition) is 5. The van der Waals surface area contributed by atoms with E-state index in [9.17, 15) is 4.79 Å². The fourth-order valence-electron chi connectivity index (χ4n) is 5.01. The van der Waals surface area contributed by atoms with E-state index in [2.05, 4.69) is 32.2 Å². The summed E-state index contributed by atoms with van der Waals surface area (Å²) in [5.41, 5.74) is 3.43. The van der Waals surface area contributed by atoms with Gasteiger partial charge in [0.1, 0.15) is 6.04 Å². The number of likely N-dealkylation sites (tertiary alicyclic amines) is 2. The van der Waals surface area contributed by atoms with E-state index in [-0.39, 0.29) is 18.0 Å². The van der Waals surface area contributed by atoms with Crippen LogP contribution in [0.5, 0.6) is 0 Å². The molecular formula is C23H29N5O. The number of hydrogen-bond donors (Lipinski definition) is 1. The summed E-state index contributed by atoms with van der Waals surface area (Å²) in [7, 11) is 0. The Hall–Kier alpha value is -2.31. The van der Waals surface area contributed by atoms with E-state index < -0.39 is 0 Å². The van der Waals surface area contributed by atoms with Gasteiger partial charge in [0, 0.05) is 43.5 Å². The molecule has 3 aliphatic rings. The van der Waals surface area contributed by atoms with Gasteiger partial charge >= 0.3 is 0 Å². The zero-order valence-corrected chi connectivity index (χ0v) is 16.9. The van der Waals surface area contributed by atoms with Gasteiger partial charge in [0.2, 0.25) is 5.91 Å². The molecule has 5 rings (SSSR count). The Bertz CT molecular complexity index is 865. The molecule has 1 aromatic heterocycles. The summed E-state index contributed by atoms with van der Waals surface area (Å²) >= 11 is 0. The maximum Gasteiger partial charge on any atom is 0.245 e. The van der Waals surface area contributed by atoms with Crippen LogP contribution in [0.1, 0.15) is 60.4 Å². The molecule has 0 radical (unpaired) electrons. The molecule has 6 nitrogen and oxygen atoms in total. The second-order valence-corrected chi connectivity index (χ2v) is 8.37. The van der Waals surface area contributed by atoms with Crippen LogP contribution in [-0.4, -0.2) is 51.9 Å². The lowest BCUT2D eigenvalue weighted by Crippen LogP contribution is -2.42. The number of rotatable bonds is 4. The Balaban J connectivity index is 1.44. The molecular weight excluding hydrogens is 362 g/mol. The van der Waals surface area contributed by atoms with Crippen LogP contribution in [0.3, 0.4) is 0 Å². The number of carbonyl (C=O) groups excluding carboxylic acids is 1. The first-order chi connectivity index (χ1) is 14.3. The van der Waals surface area contributed by atoms with Crippen molar-refractivity contribution in [1.82, 2.24) is 25.1 Å². The fourth-order valence-corrected chi connectivity index (χ4v) is 5.01. The van der Waals surface area contributed by atoms with Gasteiger partial charge in [0.15, 0.2) is 5.82 Å². The molecule has 4 heterocycles. The lowest BCUT2D eigenvalue weighted by molar-refractivity contribution is -0.138. The van der Waals surface area contributed by atoms with Gasteiger partial charge in [0.05, 0.1) is 6.04 Å². The monoisotopic (exact) mass is 391 g/mol. The standard InChI is InChI=1S/C23H29N5O/c29-23(21(27-12-4-5-13-27)17-7-2-1-3-8-17)28-14-6-9-20(28)22-25-16-18-15-24-11-10-19(18)26-22/h1-3,7-8,16,20-21,24H,4-6,9-15H2. The van der Waals surface area contributed by atoms with Crippen molar-refractivity contribution in [2.45, 2.75) is 50.7 Å². The molecule has 2 aromatic rings. The molecule has 1 aromatic carbocycles. The largest absolute Gasteiger partial charge is 0.331 e. The Morgan fingerprint density at radius 1 is 1.10 bits per heavy atom.